The topological polar surface area (TPSA) is 41.1 Å². The standard InChI is InChI=1S/C12H13F3N2O/c1-7-2-3-8-5-16-6-10(9(8)4-7)17-11(18)12(13,14)15/h2-4,10,16H,5-6H2,1H3,(H,17,18). The third-order valence-corrected chi connectivity index (χ3v) is 2.90. The first-order valence-corrected chi connectivity index (χ1v) is 5.56. The van der Waals surface area contributed by atoms with E-state index in [1.807, 2.05) is 30.4 Å². The molecule has 98 valence electrons. The van der Waals surface area contributed by atoms with E-state index in [0.717, 1.165) is 16.7 Å². The van der Waals surface area contributed by atoms with Gasteiger partial charge in [-0.05, 0) is 18.1 Å². The molecule has 0 radical (unpaired) electrons. The Balaban J connectivity index is 2.22. The molecule has 0 spiro atoms. The third kappa shape index (κ3) is 2.64. The number of fused-ring (bicyclic) bond motifs is 1. The highest BCUT2D eigenvalue weighted by molar-refractivity contribution is 5.82. The van der Waals surface area contributed by atoms with Crippen LogP contribution in [0.1, 0.15) is 22.7 Å². The van der Waals surface area contributed by atoms with E-state index in [0.29, 0.717) is 13.1 Å². The van der Waals surface area contributed by atoms with Crippen LogP contribution in [0.15, 0.2) is 18.2 Å². The fourth-order valence-corrected chi connectivity index (χ4v) is 2.03. The van der Waals surface area contributed by atoms with Crippen LogP contribution in [-0.4, -0.2) is 18.6 Å². The van der Waals surface area contributed by atoms with E-state index in [1.54, 1.807) is 0 Å². The van der Waals surface area contributed by atoms with E-state index in [4.69, 9.17) is 0 Å². The van der Waals surface area contributed by atoms with Crippen LogP contribution in [0.5, 0.6) is 0 Å². The molecule has 2 N–H and O–H groups in total. The summed E-state index contributed by atoms with van der Waals surface area (Å²) < 4.78 is 36.7. The highest BCUT2D eigenvalue weighted by Gasteiger charge is 2.40. The molecule has 1 aliphatic rings. The quantitative estimate of drug-likeness (QED) is 0.806. The molecule has 1 aromatic carbocycles. The number of benzene rings is 1. The average Bonchev–Trinajstić information content (AvgIpc) is 2.28. The van der Waals surface area contributed by atoms with Gasteiger partial charge in [-0.2, -0.15) is 13.2 Å². The maximum Gasteiger partial charge on any atom is 0.471 e. The van der Waals surface area contributed by atoms with Gasteiger partial charge in [0.1, 0.15) is 0 Å². The van der Waals surface area contributed by atoms with Crippen molar-refractivity contribution in [1.82, 2.24) is 10.6 Å². The molecular weight excluding hydrogens is 245 g/mol. The van der Waals surface area contributed by atoms with Crippen molar-refractivity contribution in [2.45, 2.75) is 25.7 Å². The largest absolute Gasteiger partial charge is 0.471 e. The van der Waals surface area contributed by atoms with Gasteiger partial charge in [0.15, 0.2) is 0 Å². The van der Waals surface area contributed by atoms with Gasteiger partial charge in [0.25, 0.3) is 0 Å². The highest BCUT2D eigenvalue weighted by Crippen LogP contribution is 2.25. The predicted molar refractivity (Wildman–Crippen MR) is 59.8 cm³/mol. The summed E-state index contributed by atoms with van der Waals surface area (Å²) in [5.74, 6) is -1.90. The second-order valence-electron chi connectivity index (χ2n) is 4.36. The van der Waals surface area contributed by atoms with Crippen molar-refractivity contribution in [3.05, 3.63) is 34.9 Å². The molecule has 6 heteroatoms. The number of aryl methyl sites for hydroxylation is 1. The van der Waals surface area contributed by atoms with Crippen LogP contribution in [-0.2, 0) is 11.3 Å². The minimum atomic E-state index is -4.85. The molecule has 0 fully saturated rings. The molecule has 0 saturated heterocycles. The van der Waals surface area contributed by atoms with Crippen LogP contribution < -0.4 is 10.6 Å². The number of hydrogen-bond donors (Lipinski definition) is 2. The van der Waals surface area contributed by atoms with Crippen molar-refractivity contribution in [3.8, 4) is 0 Å². The molecular formula is C12H13F3N2O. The summed E-state index contributed by atoms with van der Waals surface area (Å²) in [6.45, 7) is 2.78. The molecule has 1 heterocycles. The molecule has 0 bridgehead atoms. The monoisotopic (exact) mass is 258 g/mol. The molecule has 1 atom stereocenters. The smallest absolute Gasteiger partial charge is 0.340 e. The van der Waals surface area contributed by atoms with E-state index in [1.165, 1.54) is 0 Å². The third-order valence-electron chi connectivity index (χ3n) is 2.90. The number of nitrogens with one attached hydrogen (secondary N) is 2. The predicted octanol–water partition coefficient (Wildman–Crippen LogP) is 1.82. The SMILES string of the molecule is Cc1ccc2c(c1)C(NC(=O)C(F)(F)F)CNC2. The van der Waals surface area contributed by atoms with Crippen molar-refractivity contribution >= 4 is 5.91 Å². The van der Waals surface area contributed by atoms with E-state index in [2.05, 4.69) is 5.32 Å². The number of hydrogen-bond acceptors (Lipinski definition) is 2. The van der Waals surface area contributed by atoms with Gasteiger partial charge in [-0.3, -0.25) is 4.79 Å². The first kappa shape index (κ1) is 12.9. The van der Waals surface area contributed by atoms with Gasteiger partial charge in [-0.25, -0.2) is 0 Å². The lowest BCUT2D eigenvalue weighted by Gasteiger charge is -2.27. The zero-order chi connectivity index (χ0) is 13.3. The summed E-state index contributed by atoms with van der Waals surface area (Å²) in [6, 6.07) is 4.94. The minimum Gasteiger partial charge on any atom is -0.340 e. The molecule has 3 nitrogen and oxygen atoms in total. The van der Waals surface area contributed by atoms with Crippen molar-refractivity contribution in [1.29, 1.82) is 0 Å². The average molecular weight is 258 g/mol. The maximum atomic E-state index is 12.2. The summed E-state index contributed by atoms with van der Waals surface area (Å²) >= 11 is 0. The molecule has 2 rings (SSSR count). The van der Waals surface area contributed by atoms with E-state index in [9.17, 15) is 18.0 Å². The molecule has 0 saturated carbocycles. The van der Waals surface area contributed by atoms with Crippen molar-refractivity contribution in [3.63, 3.8) is 0 Å². The number of amides is 1. The Morgan fingerprint density at radius 2 is 2.17 bits per heavy atom. The van der Waals surface area contributed by atoms with Gasteiger partial charge in [0.2, 0.25) is 0 Å². The minimum absolute atomic E-state index is 0.304. The van der Waals surface area contributed by atoms with Gasteiger partial charge in [0, 0.05) is 13.1 Å². The van der Waals surface area contributed by atoms with E-state index in [-0.39, 0.29) is 0 Å². The summed E-state index contributed by atoms with van der Waals surface area (Å²) in [5, 5.41) is 5.00. The van der Waals surface area contributed by atoms with Crippen LogP contribution in [0.3, 0.4) is 0 Å². The number of alkyl halides is 3. The van der Waals surface area contributed by atoms with Crippen molar-refractivity contribution in [2.75, 3.05) is 6.54 Å². The first-order valence-electron chi connectivity index (χ1n) is 5.56. The summed E-state index contributed by atoms with van der Waals surface area (Å²) in [4.78, 5) is 11.0. The Morgan fingerprint density at radius 3 is 2.83 bits per heavy atom. The van der Waals surface area contributed by atoms with Crippen LogP contribution in [0.4, 0.5) is 13.2 Å². The van der Waals surface area contributed by atoms with E-state index < -0.39 is 18.1 Å². The van der Waals surface area contributed by atoms with Gasteiger partial charge in [-0.15, -0.1) is 0 Å². The molecule has 1 amide bonds. The van der Waals surface area contributed by atoms with Gasteiger partial charge < -0.3 is 10.6 Å². The fraction of sp³-hybridized carbons (Fsp3) is 0.417. The Bertz CT molecular complexity index is 471. The van der Waals surface area contributed by atoms with Crippen LogP contribution in [0, 0.1) is 6.92 Å². The number of rotatable bonds is 1. The summed E-state index contributed by atoms with van der Waals surface area (Å²) in [6.07, 6.45) is -4.85. The highest BCUT2D eigenvalue weighted by atomic mass is 19.4. The molecule has 0 aliphatic carbocycles. The lowest BCUT2D eigenvalue weighted by Crippen LogP contribution is -2.44. The zero-order valence-corrected chi connectivity index (χ0v) is 9.77. The second kappa shape index (κ2) is 4.61. The number of carbonyl (C=O) groups is 1. The van der Waals surface area contributed by atoms with Crippen LogP contribution in [0.2, 0.25) is 0 Å². The van der Waals surface area contributed by atoms with Crippen molar-refractivity contribution < 1.29 is 18.0 Å². The molecule has 0 aromatic heterocycles. The number of carbonyl (C=O) groups excluding carboxylic acids is 1. The summed E-state index contributed by atoms with van der Waals surface area (Å²) in [7, 11) is 0. The molecule has 1 aliphatic heterocycles. The first-order chi connectivity index (χ1) is 8.38. The second-order valence-corrected chi connectivity index (χ2v) is 4.36. The Kier molecular flexibility index (Phi) is 3.30. The fourth-order valence-electron chi connectivity index (χ4n) is 2.03. The Labute approximate surface area is 102 Å². The lowest BCUT2D eigenvalue weighted by atomic mass is 9.95. The number of halogens is 3. The van der Waals surface area contributed by atoms with Crippen LogP contribution >= 0.6 is 0 Å². The van der Waals surface area contributed by atoms with E-state index >= 15 is 0 Å². The molecule has 1 unspecified atom stereocenters. The van der Waals surface area contributed by atoms with Gasteiger partial charge >= 0.3 is 12.1 Å². The molecule has 1 aromatic rings. The van der Waals surface area contributed by atoms with Gasteiger partial charge in [-0.1, -0.05) is 23.8 Å². The lowest BCUT2D eigenvalue weighted by molar-refractivity contribution is -0.174. The van der Waals surface area contributed by atoms with Crippen LogP contribution in [0.25, 0.3) is 0 Å². The normalized spacial score (nSPS) is 19.2. The maximum absolute atomic E-state index is 12.2. The zero-order valence-electron chi connectivity index (χ0n) is 9.77. The van der Waals surface area contributed by atoms with Crippen molar-refractivity contribution in [2.24, 2.45) is 0 Å². The molecule has 18 heavy (non-hydrogen) atoms. The summed E-state index contributed by atoms with van der Waals surface area (Å²) in [5.41, 5.74) is 2.63. The van der Waals surface area contributed by atoms with Gasteiger partial charge in [0.05, 0.1) is 6.04 Å². The Hall–Kier alpha value is -1.56. The Morgan fingerprint density at radius 1 is 1.44 bits per heavy atom.